The first-order valence-electron chi connectivity index (χ1n) is 11.3. The van der Waals surface area contributed by atoms with Gasteiger partial charge in [-0.05, 0) is 55.2 Å². The summed E-state index contributed by atoms with van der Waals surface area (Å²) in [6.07, 6.45) is 2.82. The third-order valence-electron chi connectivity index (χ3n) is 4.92. The van der Waals surface area contributed by atoms with E-state index in [4.69, 9.17) is 0 Å². The summed E-state index contributed by atoms with van der Waals surface area (Å²) in [7, 11) is 1.63. The number of unbranched alkanes of at least 4 members (excludes halogenated alkanes) is 1. The molecule has 8 heteroatoms. The minimum Gasteiger partial charge on any atom is -0.357 e. The summed E-state index contributed by atoms with van der Waals surface area (Å²) >= 11 is 0. The van der Waals surface area contributed by atoms with Crippen molar-refractivity contribution in [3.8, 4) is 0 Å². The lowest BCUT2D eigenvalue weighted by Gasteiger charge is -2.12. The number of benzene rings is 2. The molecule has 2 amide bonds. The summed E-state index contributed by atoms with van der Waals surface area (Å²) in [5, 5.41) is 12.2. The van der Waals surface area contributed by atoms with Gasteiger partial charge >= 0.3 is 0 Å². The van der Waals surface area contributed by atoms with Gasteiger partial charge in [0.25, 0.3) is 11.8 Å². The Morgan fingerprint density at radius 1 is 0.848 bits per heavy atom. The molecule has 4 N–H and O–H groups in total. The number of halogens is 1. The molecule has 0 aromatic heterocycles. The van der Waals surface area contributed by atoms with E-state index in [0.717, 1.165) is 42.9 Å². The van der Waals surface area contributed by atoms with Gasteiger partial charge in [-0.25, -0.2) is 4.99 Å². The number of amides is 2. The number of nitrogens with one attached hydrogen (secondary N) is 4. The van der Waals surface area contributed by atoms with Crippen LogP contribution >= 0.6 is 24.0 Å². The van der Waals surface area contributed by atoms with Crippen LogP contribution in [0.15, 0.2) is 53.5 Å². The van der Waals surface area contributed by atoms with Gasteiger partial charge in [0.2, 0.25) is 0 Å². The Labute approximate surface area is 214 Å². The summed E-state index contributed by atoms with van der Waals surface area (Å²) in [5.74, 6) is 0.611. The highest BCUT2D eigenvalue weighted by Gasteiger charge is 2.06. The lowest BCUT2D eigenvalue weighted by atomic mass is 10.1. The van der Waals surface area contributed by atoms with E-state index in [1.165, 1.54) is 0 Å². The van der Waals surface area contributed by atoms with Gasteiger partial charge in [0.1, 0.15) is 0 Å². The number of hydrogen-bond donors (Lipinski definition) is 4. The molecule has 2 rings (SSSR count). The molecule has 0 aliphatic heterocycles. The van der Waals surface area contributed by atoms with Crippen molar-refractivity contribution in [3.63, 3.8) is 0 Å². The molecule has 2 aromatic rings. The lowest BCUT2D eigenvalue weighted by molar-refractivity contribution is 0.0948. The van der Waals surface area contributed by atoms with Crippen LogP contribution in [0.5, 0.6) is 0 Å². The maximum Gasteiger partial charge on any atom is 0.251 e. The van der Waals surface area contributed by atoms with Crippen molar-refractivity contribution >= 4 is 41.8 Å². The minimum atomic E-state index is -0.0841. The summed E-state index contributed by atoms with van der Waals surface area (Å²) in [4.78, 5) is 28.5. The molecule has 0 saturated carbocycles. The highest BCUT2D eigenvalue weighted by molar-refractivity contribution is 14.0. The van der Waals surface area contributed by atoms with Crippen LogP contribution in [0.1, 0.15) is 58.5 Å². The summed E-state index contributed by atoms with van der Waals surface area (Å²) < 4.78 is 0. The van der Waals surface area contributed by atoms with Crippen LogP contribution in [0.4, 0.5) is 0 Å². The quantitative estimate of drug-likeness (QED) is 0.145. The molecular weight excluding hydrogens is 529 g/mol. The minimum absolute atomic E-state index is 0. The molecule has 0 radical (unpaired) electrons. The second-order valence-electron chi connectivity index (χ2n) is 7.46. The number of carbonyl (C=O) groups is 2. The molecule has 180 valence electrons. The van der Waals surface area contributed by atoms with Crippen molar-refractivity contribution in [1.82, 2.24) is 21.3 Å². The average Bonchev–Trinajstić information content (AvgIpc) is 2.82. The molecule has 0 fully saturated rings. The Bertz CT molecular complexity index is 900. The van der Waals surface area contributed by atoms with Gasteiger partial charge in [0.05, 0.1) is 6.54 Å². The first-order chi connectivity index (χ1) is 15.6. The van der Waals surface area contributed by atoms with E-state index in [1.54, 1.807) is 13.1 Å². The zero-order valence-electron chi connectivity index (χ0n) is 19.7. The SMILES string of the molecule is CCCCNC(=O)c1ccc(CN=C(NCC)NCCc2cccc(C(=O)NC)c2)cc1.I. The van der Waals surface area contributed by atoms with Crippen molar-refractivity contribution in [2.24, 2.45) is 4.99 Å². The third kappa shape index (κ3) is 10.2. The maximum atomic E-state index is 12.1. The molecule has 0 unspecified atom stereocenters. The highest BCUT2D eigenvalue weighted by Crippen LogP contribution is 2.07. The standard InChI is InChI=1S/C25H35N5O2.HI/c1-4-6-15-28-24(32)21-12-10-20(11-13-21)18-30-25(27-5-2)29-16-14-19-8-7-9-22(17-19)23(31)26-3;/h7-13,17H,4-6,14-16,18H2,1-3H3,(H,26,31)(H,28,32)(H2,27,29,30);1H. The Kier molecular flexibility index (Phi) is 13.8. The predicted molar refractivity (Wildman–Crippen MR) is 145 cm³/mol. The molecule has 0 bridgehead atoms. The molecule has 0 aliphatic carbocycles. The fraction of sp³-hybridized carbons (Fsp3) is 0.400. The Morgan fingerprint density at radius 2 is 1.61 bits per heavy atom. The number of aliphatic imine (C=N–C) groups is 1. The van der Waals surface area contributed by atoms with Crippen LogP contribution in [-0.4, -0.2) is 44.5 Å². The van der Waals surface area contributed by atoms with Crippen LogP contribution in [0.25, 0.3) is 0 Å². The van der Waals surface area contributed by atoms with E-state index < -0.39 is 0 Å². The zero-order valence-corrected chi connectivity index (χ0v) is 22.1. The van der Waals surface area contributed by atoms with Crippen LogP contribution in [0, 0.1) is 0 Å². The van der Waals surface area contributed by atoms with Gasteiger partial charge in [0, 0.05) is 37.8 Å². The predicted octanol–water partition coefficient (Wildman–Crippen LogP) is 3.49. The maximum absolute atomic E-state index is 12.1. The van der Waals surface area contributed by atoms with Crippen molar-refractivity contribution in [1.29, 1.82) is 0 Å². The number of rotatable bonds is 11. The molecule has 2 aromatic carbocycles. The lowest BCUT2D eigenvalue weighted by Crippen LogP contribution is -2.38. The summed E-state index contributed by atoms with van der Waals surface area (Å²) in [6.45, 7) is 6.79. The van der Waals surface area contributed by atoms with Crippen molar-refractivity contribution in [2.45, 2.75) is 39.7 Å². The topological polar surface area (TPSA) is 94.6 Å². The van der Waals surface area contributed by atoms with Gasteiger partial charge < -0.3 is 21.3 Å². The van der Waals surface area contributed by atoms with Crippen molar-refractivity contribution < 1.29 is 9.59 Å². The van der Waals surface area contributed by atoms with E-state index >= 15 is 0 Å². The number of carbonyl (C=O) groups excluding carboxylic acids is 2. The van der Waals surface area contributed by atoms with E-state index in [1.807, 2.05) is 49.4 Å². The molecule has 0 spiro atoms. The first kappa shape index (κ1) is 28.4. The van der Waals surface area contributed by atoms with E-state index in [2.05, 4.69) is 33.2 Å². The van der Waals surface area contributed by atoms with Crippen molar-refractivity contribution in [3.05, 3.63) is 70.8 Å². The molecule has 33 heavy (non-hydrogen) atoms. The van der Waals surface area contributed by atoms with E-state index in [-0.39, 0.29) is 35.8 Å². The Hall–Kier alpha value is -2.62. The largest absolute Gasteiger partial charge is 0.357 e. The average molecular weight is 566 g/mol. The van der Waals surface area contributed by atoms with Gasteiger partial charge in [-0.15, -0.1) is 24.0 Å². The van der Waals surface area contributed by atoms with Crippen LogP contribution in [-0.2, 0) is 13.0 Å². The Morgan fingerprint density at radius 3 is 2.27 bits per heavy atom. The summed E-state index contributed by atoms with van der Waals surface area (Å²) in [6, 6.07) is 15.2. The number of hydrogen-bond acceptors (Lipinski definition) is 3. The van der Waals surface area contributed by atoms with E-state index in [9.17, 15) is 9.59 Å². The van der Waals surface area contributed by atoms with Crippen molar-refractivity contribution in [2.75, 3.05) is 26.7 Å². The fourth-order valence-corrected chi connectivity index (χ4v) is 3.09. The normalized spacial score (nSPS) is 10.7. The van der Waals surface area contributed by atoms with Gasteiger partial charge in [0.15, 0.2) is 5.96 Å². The fourth-order valence-electron chi connectivity index (χ4n) is 3.09. The molecule has 0 aliphatic rings. The highest BCUT2D eigenvalue weighted by atomic mass is 127. The van der Waals surface area contributed by atoms with Gasteiger partial charge in [-0.3, -0.25) is 9.59 Å². The smallest absolute Gasteiger partial charge is 0.251 e. The number of guanidine groups is 1. The van der Waals surface area contributed by atoms with Gasteiger partial charge in [-0.2, -0.15) is 0 Å². The third-order valence-corrected chi connectivity index (χ3v) is 4.92. The molecule has 0 saturated heterocycles. The second-order valence-corrected chi connectivity index (χ2v) is 7.46. The molecule has 7 nitrogen and oxygen atoms in total. The Balaban J connectivity index is 0.00000544. The number of nitrogens with zero attached hydrogens (tertiary/aromatic N) is 1. The second kappa shape index (κ2) is 16.1. The zero-order chi connectivity index (χ0) is 23.2. The monoisotopic (exact) mass is 565 g/mol. The molecular formula is C25H36IN5O2. The van der Waals surface area contributed by atoms with Gasteiger partial charge in [-0.1, -0.05) is 37.6 Å². The first-order valence-corrected chi connectivity index (χ1v) is 11.3. The van der Waals surface area contributed by atoms with Crippen LogP contribution < -0.4 is 21.3 Å². The molecule has 0 heterocycles. The van der Waals surface area contributed by atoms with Crippen LogP contribution in [0.3, 0.4) is 0 Å². The van der Waals surface area contributed by atoms with E-state index in [0.29, 0.717) is 30.8 Å². The van der Waals surface area contributed by atoms with Crippen LogP contribution in [0.2, 0.25) is 0 Å². The summed E-state index contributed by atoms with van der Waals surface area (Å²) in [5.41, 5.74) is 3.44. The molecule has 0 atom stereocenters.